The Morgan fingerprint density at radius 3 is 2.33 bits per heavy atom. The third-order valence-electron chi connectivity index (χ3n) is 6.69. The van der Waals surface area contributed by atoms with Crippen LogP contribution in [0.5, 0.6) is 0 Å². The van der Waals surface area contributed by atoms with Gasteiger partial charge < -0.3 is 14.7 Å². The number of para-hydroxylation sites is 3. The molecule has 5 aromatic rings. The Hall–Kier alpha value is -4.09. The molecular weight excluding hydrogens is 460 g/mol. The Balaban J connectivity index is 1.42. The van der Waals surface area contributed by atoms with Gasteiger partial charge in [0, 0.05) is 36.7 Å². The number of aromatic nitrogens is 1. The number of fused-ring (bicyclic) bond motifs is 2. The summed E-state index contributed by atoms with van der Waals surface area (Å²) in [5.41, 5.74) is 7.00. The molecule has 1 aliphatic heterocycles. The summed E-state index contributed by atoms with van der Waals surface area (Å²) in [7, 11) is 2.10. The lowest BCUT2D eigenvalue weighted by molar-refractivity contribution is 0.746. The van der Waals surface area contributed by atoms with Gasteiger partial charge in [0.1, 0.15) is 11.2 Å². The third-order valence-corrected chi connectivity index (χ3v) is 7.77. The van der Waals surface area contributed by atoms with E-state index >= 15 is 0 Å². The topological polar surface area (TPSA) is 22.6 Å². The third kappa shape index (κ3) is 4.01. The lowest BCUT2D eigenvalue weighted by atomic mass is 10.1. The second-order valence-electron chi connectivity index (χ2n) is 8.88. The highest BCUT2D eigenvalue weighted by atomic mass is 32.1. The minimum atomic E-state index is 0.0594. The van der Waals surface area contributed by atoms with Crippen molar-refractivity contribution in [2.75, 3.05) is 28.3 Å². The van der Waals surface area contributed by atoms with E-state index in [2.05, 4.69) is 138 Å². The molecule has 4 aromatic carbocycles. The first kappa shape index (κ1) is 22.4. The van der Waals surface area contributed by atoms with E-state index in [1.165, 1.54) is 21.8 Å². The molecule has 0 bridgehead atoms. The molecule has 1 aromatic heterocycles. The molecule has 4 nitrogen and oxygen atoms in total. The number of hydrogen-bond acceptors (Lipinski definition) is 5. The summed E-state index contributed by atoms with van der Waals surface area (Å²) in [5, 5.41) is 1.06. The van der Waals surface area contributed by atoms with Gasteiger partial charge in [-0.25, -0.2) is 4.98 Å². The largest absolute Gasteiger partial charge is 0.351 e. The van der Waals surface area contributed by atoms with Crippen LogP contribution in [0.2, 0.25) is 0 Å². The normalized spacial score (nSPS) is 15.1. The molecule has 0 fully saturated rings. The van der Waals surface area contributed by atoms with Crippen LogP contribution in [0.25, 0.3) is 20.8 Å². The van der Waals surface area contributed by atoms with Gasteiger partial charge >= 0.3 is 0 Å². The van der Waals surface area contributed by atoms with Gasteiger partial charge in [0.2, 0.25) is 0 Å². The molecule has 6 rings (SSSR count). The Bertz CT molecular complexity index is 1480. The molecule has 1 unspecified atom stereocenters. The standard InChI is InChI=1S/C31H28N4S/c1-3-34-28-22-23(31-32-26-16-10-11-17-29(26)36-31)18-19-27(28)35(25-14-8-5-9-15-25)30(34)20-21-33(2)24-12-6-4-7-13-24/h4-22,30H,3H2,1-2H3/b21-20+. The number of likely N-dealkylation sites (N-methyl/N-ethyl adjacent to an activating group) is 1. The number of benzene rings is 4. The number of hydrogen-bond donors (Lipinski definition) is 0. The Labute approximate surface area is 216 Å². The Morgan fingerprint density at radius 1 is 0.861 bits per heavy atom. The first-order valence-electron chi connectivity index (χ1n) is 12.3. The zero-order chi connectivity index (χ0) is 24.5. The average molecular weight is 489 g/mol. The van der Waals surface area contributed by atoms with Crippen LogP contribution >= 0.6 is 11.3 Å². The summed E-state index contributed by atoms with van der Waals surface area (Å²) in [6.45, 7) is 3.12. The molecular formula is C31H28N4S. The minimum Gasteiger partial charge on any atom is -0.351 e. The highest BCUT2D eigenvalue weighted by Gasteiger charge is 2.35. The van der Waals surface area contributed by atoms with Crippen LogP contribution in [-0.2, 0) is 0 Å². The van der Waals surface area contributed by atoms with E-state index in [4.69, 9.17) is 4.98 Å². The van der Waals surface area contributed by atoms with E-state index in [9.17, 15) is 0 Å². The summed E-state index contributed by atoms with van der Waals surface area (Å²) in [6.07, 6.45) is 4.53. The van der Waals surface area contributed by atoms with Gasteiger partial charge in [-0.15, -0.1) is 11.3 Å². The molecule has 0 N–H and O–H groups in total. The number of nitrogens with zero attached hydrogens (tertiary/aromatic N) is 4. The van der Waals surface area contributed by atoms with Crippen molar-refractivity contribution < 1.29 is 0 Å². The number of rotatable bonds is 6. The van der Waals surface area contributed by atoms with Crippen LogP contribution in [0.4, 0.5) is 22.7 Å². The lowest BCUT2D eigenvalue weighted by Gasteiger charge is -2.31. The van der Waals surface area contributed by atoms with E-state index in [0.717, 1.165) is 28.3 Å². The van der Waals surface area contributed by atoms with Crippen LogP contribution in [0.3, 0.4) is 0 Å². The summed E-state index contributed by atoms with van der Waals surface area (Å²) < 4.78 is 1.22. The van der Waals surface area contributed by atoms with Crippen molar-refractivity contribution in [2.45, 2.75) is 13.1 Å². The first-order valence-corrected chi connectivity index (χ1v) is 13.1. The van der Waals surface area contributed by atoms with Crippen LogP contribution < -0.4 is 14.7 Å². The van der Waals surface area contributed by atoms with Crippen LogP contribution in [0, 0.1) is 0 Å². The summed E-state index contributed by atoms with van der Waals surface area (Å²) in [4.78, 5) is 12.0. The summed E-state index contributed by atoms with van der Waals surface area (Å²) in [6, 6.07) is 36.2. The molecule has 178 valence electrons. The molecule has 5 heteroatoms. The zero-order valence-corrected chi connectivity index (χ0v) is 21.3. The second-order valence-corrected chi connectivity index (χ2v) is 9.91. The van der Waals surface area contributed by atoms with Gasteiger partial charge in [-0.1, -0.05) is 48.5 Å². The molecule has 2 heterocycles. The van der Waals surface area contributed by atoms with Crippen molar-refractivity contribution in [3.63, 3.8) is 0 Å². The van der Waals surface area contributed by atoms with Crippen LogP contribution in [0.15, 0.2) is 115 Å². The SMILES string of the molecule is CCN1c2cc(-c3nc4ccccc4s3)ccc2N(c2ccccc2)C1/C=C/N(C)c1ccccc1. The Kier molecular flexibility index (Phi) is 5.91. The molecule has 36 heavy (non-hydrogen) atoms. The number of anilines is 4. The van der Waals surface area contributed by atoms with Gasteiger partial charge in [0.25, 0.3) is 0 Å². The smallest absolute Gasteiger partial charge is 0.127 e. The minimum absolute atomic E-state index is 0.0594. The fraction of sp³-hybridized carbons (Fsp3) is 0.129. The van der Waals surface area contributed by atoms with Gasteiger partial charge in [0.15, 0.2) is 0 Å². The molecule has 0 saturated carbocycles. The quantitative estimate of drug-likeness (QED) is 0.242. The van der Waals surface area contributed by atoms with E-state index < -0.39 is 0 Å². The first-order chi connectivity index (χ1) is 17.7. The summed E-state index contributed by atoms with van der Waals surface area (Å²) >= 11 is 1.75. The molecule has 0 amide bonds. The molecule has 0 radical (unpaired) electrons. The van der Waals surface area contributed by atoms with Crippen LogP contribution in [-0.4, -0.2) is 24.7 Å². The summed E-state index contributed by atoms with van der Waals surface area (Å²) in [5.74, 6) is 0. The van der Waals surface area contributed by atoms with Gasteiger partial charge in [0.05, 0.1) is 21.6 Å². The maximum atomic E-state index is 4.91. The van der Waals surface area contributed by atoms with Crippen LogP contribution in [0.1, 0.15) is 6.92 Å². The predicted octanol–water partition coefficient (Wildman–Crippen LogP) is 7.92. The molecule has 0 spiro atoms. The maximum Gasteiger partial charge on any atom is 0.127 e. The van der Waals surface area contributed by atoms with Crippen molar-refractivity contribution in [1.82, 2.24) is 4.98 Å². The highest BCUT2D eigenvalue weighted by molar-refractivity contribution is 7.21. The fourth-order valence-corrected chi connectivity index (χ4v) is 5.86. The van der Waals surface area contributed by atoms with Gasteiger partial charge in [-0.05, 0) is 67.6 Å². The fourth-order valence-electron chi connectivity index (χ4n) is 4.89. The molecule has 0 aliphatic carbocycles. The van der Waals surface area contributed by atoms with Crippen molar-refractivity contribution >= 4 is 44.3 Å². The highest BCUT2D eigenvalue weighted by Crippen LogP contribution is 2.46. The molecule has 0 saturated heterocycles. The van der Waals surface area contributed by atoms with E-state index in [0.29, 0.717) is 0 Å². The van der Waals surface area contributed by atoms with Gasteiger partial charge in [-0.3, -0.25) is 0 Å². The van der Waals surface area contributed by atoms with E-state index in [-0.39, 0.29) is 6.17 Å². The predicted molar refractivity (Wildman–Crippen MR) is 154 cm³/mol. The van der Waals surface area contributed by atoms with Crippen molar-refractivity contribution in [1.29, 1.82) is 0 Å². The zero-order valence-electron chi connectivity index (χ0n) is 20.5. The monoisotopic (exact) mass is 488 g/mol. The van der Waals surface area contributed by atoms with Crippen molar-refractivity contribution in [3.05, 3.63) is 115 Å². The van der Waals surface area contributed by atoms with Crippen molar-refractivity contribution in [3.8, 4) is 10.6 Å². The number of thiazole rings is 1. The lowest BCUT2D eigenvalue weighted by Crippen LogP contribution is -2.39. The maximum absolute atomic E-state index is 4.91. The average Bonchev–Trinajstić information content (AvgIpc) is 3.51. The van der Waals surface area contributed by atoms with Crippen molar-refractivity contribution in [2.24, 2.45) is 0 Å². The molecule has 1 aliphatic rings. The molecule has 1 atom stereocenters. The van der Waals surface area contributed by atoms with E-state index in [1.54, 1.807) is 11.3 Å². The second kappa shape index (κ2) is 9.51. The van der Waals surface area contributed by atoms with Gasteiger partial charge in [-0.2, -0.15) is 0 Å². The van der Waals surface area contributed by atoms with E-state index in [1.807, 2.05) is 6.07 Å². The Morgan fingerprint density at radius 2 is 1.58 bits per heavy atom.